The van der Waals surface area contributed by atoms with Crippen molar-refractivity contribution in [2.75, 3.05) is 68.5 Å². The molecule has 27 heavy (non-hydrogen) atoms. The molecule has 1 saturated heterocycles. The second-order valence-corrected chi connectivity index (χ2v) is 7.20. The molecule has 0 saturated carbocycles. The van der Waals surface area contributed by atoms with Crippen LogP contribution in [-0.2, 0) is 0 Å². The standard InChI is InChI=1S/C20H29FN6/c1-16-15-19(24-20(23-16)22-9-6-10-25(2)3)27-13-11-26(12-14-27)18-8-5-4-7-17(18)21/h4-5,7-8,15H,6,9-14H2,1-3H3,(H,22,23,24). The number of aromatic nitrogens is 2. The number of para-hydroxylation sites is 1. The van der Waals surface area contributed by atoms with E-state index in [4.69, 9.17) is 0 Å². The molecular weight excluding hydrogens is 343 g/mol. The molecule has 0 bridgehead atoms. The molecule has 3 rings (SSSR count). The average Bonchev–Trinajstić information content (AvgIpc) is 2.65. The molecule has 1 N–H and O–H groups in total. The van der Waals surface area contributed by atoms with Crippen molar-refractivity contribution in [3.05, 3.63) is 41.8 Å². The number of aryl methyl sites for hydroxylation is 1. The van der Waals surface area contributed by atoms with Crippen LogP contribution in [0.1, 0.15) is 12.1 Å². The van der Waals surface area contributed by atoms with Gasteiger partial charge in [0, 0.05) is 44.5 Å². The number of anilines is 3. The minimum atomic E-state index is -0.159. The van der Waals surface area contributed by atoms with Crippen molar-refractivity contribution in [1.82, 2.24) is 14.9 Å². The van der Waals surface area contributed by atoms with E-state index in [1.165, 1.54) is 6.07 Å². The lowest BCUT2D eigenvalue weighted by molar-refractivity contribution is 0.405. The van der Waals surface area contributed by atoms with E-state index >= 15 is 0 Å². The van der Waals surface area contributed by atoms with Crippen LogP contribution in [0.15, 0.2) is 30.3 Å². The third-order valence-corrected chi connectivity index (χ3v) is 4.70. The number of nitrogens with one attached hydrogen (secondary N) is 1. The predicted molar refractivity (Wildman–Crippen MR) is 109 cm³/mol. The van der Waals surface area contributed by atoms with Crippen molar-refractivity contribution < 1.29 is 4.39 Å². The highest BCUT2D eigenvalue weighted by Gasteiger charge is 2.20. The largest absolute Gasteiger partial charge is 0.366 e. The van der Waals surface area contributed by atoms with Gasteiger partial charge in [-0.05, 0) is 46.1 Å². The molecule has 1 fully saturated rings. The van der Waals surface area contributed by atoms with Crippen molar-refractivity contribution >= 4 is 17.5 Å². The summed E-state index contributed by atoms with van der Waals surface area (Å²) in [5.74, 6) is 1.46. The van der Waals surface area contributed by atoms with E-state index in [-0.39, 0.29) is 5.82 Å². The van der Waals surface area contributed by atoms with Gasteiger partial charge in [-0.2, -0.15) is 4.98 Å². The van der Waals surface area contributed by atoms with Gasteiger partial charge < -0.3 is 20.0 Å². The quantitative estimate of drug-likeness (QED) is 0.754. The third kappa shape index (κ3) is 5.29. The molecule has 1 aromatic heterocycles. The molecule has 0 aliphatic carbocycles. The van der Waals surface area contributed by atoms with Crippen LogP contribution in [0.3, 0.4) is 0 Å². The molecule has 2 aromatic rings. The molecule has 1 aromatic carbocycles. The van der Waals surface area contributed by atoms with Crippen LogP contribution in [0.5, 0.6) is 0 Å². The number of piperazine rings is 1. The van der Waals surface area contributed by atoms with Crippen molar-refractivity contribution in [3.63, 3.8) is 0 Å². The lowest BCUT2D eigenvalue weighted by Gasteiger charge is -2.37. The van der Waals surface area contributed by atoms with Crippen LogP contribution < -0.4 is 15.1 Å². The minimum absolute atomic E-state index is 0.159. The van der Waals surface area contributed by atoms with Gasteiger partial charge in [0.1, 0.15) is 11.6 Å². The van der Waals surface area contributed by atoms with Crippen molar-refractivity contribution in [1.29, 1.82) is 0 Å². The van der Waals surface area contributed by atoms with E-state index in [1.54, 1.807) is 6.07 Å². The van der Waals surface area contributed by atoms with E-state index in [0.29, 0.717) is 11.6 Å². The number of hydrogen-bond acceptors (Lipinski definition) is 6. The van der Waals surface area contributed by atoms with Gasteiger partial charge in [-0.15, -0.1) is 0 Å². The van der Waals surface area contributed by atoms with Crippen LogP contribution in [0, 0.1) is 12.7 Å². The Morgan fingerprint density at radius 1 is 1.07 bits per heavy atom. The molecule has 6 nitrogen and oxygen atoms in total. The maximum atomic E-state index is 14.0. The van der Waals surface area contributed by atoms with E-state index in [2.05, 4.69) is 44.1 Å². The lowest BCUT2D eigenvalue weighted by atomic mass is 10.2. The number of benzene rings is 1. The molecule has 2 heterocycles. The fraction of sp³-hybridized carbons (Fsp3) is 0.500. The number of hydrogen-bond donors (Lipinski definition) is 1. The summed E-state index contributed by atoms with van der Waals surface area (Å²) in [5.41, 5.74) is 1.63. The van der Waals surface area contributed by atoms with E-state index < -0.39 is 0 Å². The lowest BCUT2D eigenvalue weighted by Crippen LogP contribution is -2.47. The Morgan fingerprint density at radius 3 is 2.48 bits per heavy atom. The van der Waals surface area contributed by atoms with Gasteiger partial charge in [-0.1, -0.05) is 12.1 Å². The summed E-state index contributed by atoms with van der Waals surface area (Å²) in [6.07, 6.45) is 1.04. The topological polar surface area (TPSA) is 47.5 Å². The first-order valence-corrected chi connectivity index (χ1v) is 9.51. The second kappa shape index (κ2) is 8.99. The Hall–Kier alpha value is -2.41. The Bertz CT molecular complexity index is 743. The molecule has 0 amide bonds. The number of halogens is 1. The van der Waals surface area contributed by atoms with E-state index in [9.17, 15) is 4.39 Å². The van der Waals surface area contributed by atoms with Crippen LogP contribution in [-0.4, -0.2) is 68.2 Å². The Balaban J connectivity index is 1.59. The van der Waals surface area contributed by atoms with Crippen molar-refractivity contribution in [2.24, 2.45) is 0 Å². The molecule has 7 heteroatoms. The molecule has 1 aliphatic rings. The van der Waals surface area contributed by atoms with Crippen LogP contribution in [0.4, 0.5) is 21.8 Å². The van der Waals surface area contributed by atoms with Gasteiger partial charge in [0.15, 0.2) is 0 Å². The van der Waals surface area contributed by atoms with Crippen molar-refractivity contribution in [3.8, 4) is 0 Å². The van der Waals surface area contributed by atoms with Crippen LogP contribution in [0.25, 0.3) is 0 Å². The molecule has 0 spiro atoms. The molecule has 0 atom stereocenters. The van der Waals surface area contributed by atoms with Gasteiger partial charge in [0.05, 0.1) is 5.69 Å². The summed E-state index contributed by atoms with van der Waals surface area (Å²) in [6.45, 7) is 7.04. The Morgan fingerprint density at radius 2 is 1.78 bits per heavy atom. The second-order valence-electron chi connectivity index (χ2n) is 7.20. The minimum Gasteiger partial charge on any atom is -0.366 e. The smallest absolute Gasteiger partial charge is 0.224 e. The summed E-state index contributed by atoms with van der Waals surface area (Å²) in [4.78, 5) is 15.7. The fourth-order valence-electron chi connectivity index (χ4n) is 3.27. The maximum absolute atomic E-state index is 14.0. The SMILES string of the molecule is Cc1cc(N2CCN(c3ccccc3F)CC2)nc(NCCCN(C)C)n1. The van der Waals surface area contributed by atoms with E-state index in [1.807, 2.05) is 25.1 Å². The van der Waals surface area contributed by atoms with Crippen molar-refractivity contribution in [2.45, 2.75) is 13.3 Å². The molecule has 0 radical (unpaired) electrons. The summed E-state index contributed by atoms with van der Waals surface area (Å²) < 4.78 is 14.0. The molecule has 146 valence electrons. The first-order valence-electron chi connectivity index (χ1n) is 9.51. The maximum Gasteiger partial charge on any atom is 0.224 e. The summed E-state index contributed by atoms with van der Waals surface area (Å²) >= 11 is 0. The van der Waals surface area contributed by atoms with Crippen LogP contribution >= 0.6 is 0 Å². The molecule has 1 aliphatic heterocycles. The zero-order valence-corrected chi connectivity index (χ0v) is 16.5. The summed E-state index contributed by atoms with van der Waals surface area (Å²) in [6, 6.07) is 8.99. The first kappa shape index (κ1) is 19.4. The highest BCUT2D eigenvalue weighted by atomic mass is 19.1. The summed E-state index contributed by atoms with van der Waals surface area (Å²) in [7, 11) is 4.14. The number of nitrogens with zero attached hydrogens (tertiary/aromatic N) is 5. The third-order valence-electron chi connectivity index (χ3n) is 4.70. The van der Waals surface area contributed by atoms with Gasteiger partial charge in [-0.3, -0.25) is 0 Å². The van der Waals surface area contributed by atoms with Gasteiger partial charge >= 0.3 is 0 Å². The molecule has 0 unspecified atom stereocenters. The highest BCUT2D eigenvalue weighted by molar-refractivity contribution is 5.51. The number of rotatable bonds is 7. The van der Waals surface area contributed by atoms with Gasteiger partial charge in [0.25, 0.3) is 0 Å². The Kier molecular flexibility index (Phi) is 6.45. The average molecular weight is 372 g/mol. The van der Waals surface area contributed by atoms with Crippen LogP contribution in [0.2, 0.25) is 0 Å². The molecular formula is C20H29FN6. The first-order chi connectivity index (χ1) is 13.0. The fourth-order valence-corrected chi connectivity index (χ4v) is 3.27. The Labute approximate surface area is 161 Å². The normalized spacial score (nSPS) is 14.7. The monoisotopic (exact) mass is 372 g/mol. The van der Waals surface area contributed by atoms with Gasteiger partial charge in [0.2, 0.25) is 5.95 Å². The highest BCUT2D eigenvalue weighted by Crippen LogP contribution is 2.22. The zero-order chi connectivity index (χ0) is 19.2. The van der Waals surface area contributed by atoms with E-state index in [0.717, 1.165) is 57.2 Å². The predicted octanol–water partition coefficient (Wildman–Crippen LogP) is 2.61. The zero-order valence-electron chi connectivity index (χ0n) is 16.5. The van der Waals surface area contributed by atoms with Gasteiger partial charge in [-0.25, -0.2) is 9.37 Å². The summed E-state index contributed by atoms with van der Waals surface area (Å²) in [5, 5.41) is 3.33.